The van der Waals surface area contributed by atoms with Gasteiger partial charge in [0.25, 0.3) is 0 Å². The molecule has 0 bridgehead atoms. The molecule has 0 nitrogen and oxygen atoms in total. The molecule has 0 aromatic heterocycles. The van der Waals surface area contributed by atoms with Crippen molar-refractivity contribution in [1.82, 2.24) is 0 Å². The second-order valence-electron chi connectivity index (χ2n) is 3.57. The van der Waals surface area contributed by atoms with Crippen LogP contribution in [-0.4, -0.2) is 0 Å². The van der Waals surface area contributed by atoms with Crippen LogP contribution in [0.5, 0.6) is 0 Å². The monoisotopic (exact) mass is 309 g/mol. The van der Waals surface area contributed by atoms with Gasteiger partial charge in [-0.05, 0) is 37.6 Å². The summed E-state index contributed by atoms with van der Waals surface area (Å²) >= 11 is -0.00979. The van der Waals surface area contributed by atoms with Crippen molar-refractivity contribution in [2.45, 2.75) is 13.8 Å². The summed E-state index contributed by atoms with van der Waals surface area (Å²) in [6, 6.07) is 17.4. The van der Waals surface area contributed by atoms with Crippen LogP contribution in [-0.2, 0) is 0 Å². The number of hydrogen-bond acceptors (Lipinski definition) is 0. The molecule has 15 heavy (non-hydrogen) atoms. The smallest absolute Gasteiger partial charge is 0.0619 e. The summed E-state index contributed by atoms with van der Waals surface area (Å²) in [5.41, 5.74) is 2.87. The number of halogens is 1. The van der Waals surface area contributed by atoms with Crippen LogP contribution in [0.25, 0.3) is 0 Å². The quantitative estimate of drug-likeness (QED) is 0.706. The minimum absolute atomic E-state index is 0.00979. The van der Waals surface area contributed by atoms with Gasteiger partial charge in [0.2, 0.25) is 0 Å². The first-order chi connectivity index (χ1) is 7.27. The first-order valence-corrected chi connectivity index (χ1v) is 7.19. The second kappa shape index (κ2) is 4.79. The Bertz CT molecular complexity index is 446. The lowest BCUT2D eigenvalue weighted by Crippen LogP contribution is -3.61. The molecule has 0 unspecified atom stereocenters. The van der Waals surface area contributed by atoms with Crippen LogP contribution in [0.4, 0.5) is 0 Å². The van der Waals surface area contributed by atoms with E-state index in [1.165, 1.54) is 14.7 Å². The molecule has 1 heteroatoms. The minimum atomic E-state index is -0.00979. The standard InChI is InChI=1S/C14H14I/c1-11-7-6-10-14(12(11)2)15-13-8-4-3-5-9-13/h3-10H,1-2H3/q+1. The molecule has 0 heterocycles. The minimum Gasteiger partial charge on any atom is -0.0619 e. The van der Waals surface area contributed by atoms with Crippen molar-refractivity contribution in [2.75, 3.05) is 0 Å². The Hall–Kier alpha value is -0.830. The highest BCUT2D eigenvalue weighted by atomic mass is 127. The van der Waals surface area contributed by atoms with Crippen LogP contribution in [0.15, 0.2) is 48.5 Å². The third-order valence-electron chi connectivity index (χ3n) is 2.48. The largest absolute Gasteiger partial charge is 0.358 e. The summed E-state index contributed by atoms with van der Waals surface area (Å²) in [6.07, 6.45) is 0. The van der Waals surface area contributed by atoms with Gasteiger partial charge in [0.05, 0.1) is 0 Å². The van der Waals surface area contributed by atoms with Gasteiger partial charge >= 0.3 is 21.2 Å². The molecule has 0 saturated carbocycles. The van der Waals surface area contributed by atoms with Crippen molar-refractivity contribution >= 4 is 0 Å². The van der Waals surface area contributed by atoms with Gasteiger partial charge in [-0.15, -0.1) is 0 Å². The number of hydrogen-bond donors (Lipinski definition) is 0. The van der Waals surface area contributed by atoms with E-state index >= 15 is 0 Å². The Morgan fingerprint density at radius 1 is 0.800 bits per heavy atom. The van der Waals surface area contributed by atoms with Crippen molar-refractivity contribution in [3.63, 3.8) is 0 Å². The van der Waals surface area contributed by atoms with E-state index in [-0.39, 0.29) is 21.2 Å². The fourth-order valence-electron chi connectivity index (χ4n) is 1.41. The van der Waals surface area contributed by atoms with Gasteiger partial charge in [0, 0.05) is 5.56 Å². The molecule has 2 aromatic rings. The van der Waals surface area contributed by atoms with E-state index in [9.17, 15) is 0 Å². The zero-order chi connectivity index (χ0) is 10.7. The van der Waals surface area contributed by atoms with E-state index < -0.39 is 0 Å². The van der Waals surface area contributed by atoms with Crippen molar-refractivity contribution in [3.05, 3.63) is 66.8 Å². The second-order valence-corrected chi connectivity index (χ2v) is 6.52. The van der Waals surface area contributed by atoms with Crippen LogP contribution >= 0.6 is 0 Å². The molecule has 76 valence electrons. The van der Waals surface area contributed by atoms with Crippen LogP contribution in [0.2, 0.25) is 0 Å². The topological polar surface area (TPSA) is 0 Å². The predicted molar refractivity (Wildman–Crippen MR) is 59.8 cm³/mol. The van der Waals surface area contributed by atoms with Crippen molar-refractivity contribution in [2.24, 2.45) is 0 Å². The van der Waals surface area contributed by atoms with Gasteiger partial charge < -0.3 is 0 Å². The van der Waals surface area contributed by atoms with Crippen LogP contribution in [0.1, 0.15) is 11.1 Å². The third kappa shape index (κ3) is 2.59. The maximum Gasteiger partial charge on any atom is 0.358 e. The maximum absolute atomic E-state index is 2.27. The molecule has 0 fully saturated rings. The molecule has 0 radical (unpaired) electrons. The third-order valence-corrected chi connectivity index (χ3v) is 5.57. The number of rotatable bonds is 2. The molecular weight excluding hydrogens is 295 g/mol. The van der Waals surface area contributed by atoms with E-state index in [0.29, 0.717) is 0 Å². The molecule has 0 aliphatic rings. The van der Waals surface area contributed by atoms with Crippen LogP contribution < -0.4 is 21.2 Å². The summed E-state index contributed by atoms with van der Waals surface area (Å²) in [7, 11) is 0. The summed E-state index contributed by atoms with van der Waals surface area (Å²) in [4.78, 5) is 0. The summed E-state index contributed by atoms with van der Waals surface area (Å²) in [5, 5.41) is 0. The van der Waals surface area contributed by atoms with E-state index in [1.807, 2.05) is 0 Å². The molecular formula is C14H14I+. The van der Waals surface area contributed by atoms with Gasteiger partial charge in [0.15, 0.2) is 7.14 Å². The molecule has 0 amide bonds. The van der Waals surface area contributed by atoms with Crippen LogP contribution in [0.3, 0.4) is 0 Å². The van der Waals surface area contributed by atoms with Gasteiger partial charge in [-0.25, -0.2) is 0 Å². The lowest BCUT2D eigenvalue weighted by molar-refractivity contribution is -0.598. The average molecular weight is 309 g/mol. The lowest BCUT2D eigenvalue weighted by atomic mass is 10.1. The highest BCUT2D eigenvalue weighted by Crippen LogP contribution is 2.03. The van der Waals surface area contributed by atoms with Crippen LogP contribution in [0, 0.1) is 21.0 Å². The maximum atomic E-state index is 2.27. The first kappa shape index (κ1) is 10.7. The van der Waals surface area contributed by atoms with Gasteiger partial charge in [0.1, 0.15) is 0 Å². The number of aryl methyl sites for hydroxylation is 1. The lowest BCUT2D eigenvalue weighted by Gasteiger charge is -1.97. The van der Waals surface area contributed by atoms with E-state index in [4.69, 9.17) is 0 Å². The molecule has 2 rings (SSSR count). The Morgan fingerprint density at radius 2 is 1.53 bits per heavy atom. The van der Waals surface area contributed by atoms with Gasteiger partial charge in [-0.2, -0.15) is 0 Å². The highest BCUT2D eigenvalue weighted by Gasteiger charge is 2.17. The molecule has 0 aliphatic carbocycles. The Morgan fingerprint density at radius 3 is 2.27 bits per heavy atom. The highest BCUT2D eigenvalue weighted by molar-refractivity contribution is 5.23. The first-order valence-electron chi connectivity index (χ1n) is 5.03. The van der Waals surface area contributed by atoms with Crippen molar-refractivity contribution in [1.29, 1.82) is 0 Å². The van der Waals surface area contributed by atoms with Crippen molar-refractivity contribution < 1.29 is 21.2 Å². The summed E-state index contributed by atoms with van der Waals surface area (Å²) < 4.78 is 3.03. The van der Waals surface area contributed by atoms with E-state index in [0.717, 1.165) is 0 Å². The Labute approximate surface area is 102 Å². The van der Waals surface area contributed by atoms with E-state index in [2.05, 4.69) is 62.4 Å². The molecule has 0 saturated heterocycles. The SMILES string of the molecule is Cc1cccc([I+]c2ccccc2)c1C. The fourth-order valence-corrected chi connectivity index (χ4v) is 4.08. The zero-order valence-corrected chi connectivity index (χ0v) is 11.2. The Kier molecular flexibility index (Phi) is 3.41. The Balaban J connectivity index is 2.29. The molecule has 0 N–H and O–H groups in total. The van der Waals surface area contributed by atoms with E-state index in [1.54, 1.807) is 3.57 Å². The zero-order valence-electron chi connectivity index (χ0n) is 9.00. The fraction of sp³-hybridized carbons (Fsp3) is 0.143. The molecule has 0 spiro atoms. The van der Waals surface area contributed by atoms with Crippen molar-refractivity contribution in [3.8, 4) is 0 Å². The normalized spacial score (nSPS) is 10.3. The summed E-state index contributed by atoms with van der Waals surface area (Å²) in [6.45, 7) is 4.42. The molecule has 0 atom stereocenters. The number of benzene rings is 2. The average Bonchev–Trinajstić information content (AvgIpc) is 2.26. The summed E-state index contributed by atoms with van der Waals surface area (Å²) in [5.74, 6) is 0. The van der Waals surface area contributed by atoms with Gasteiger partial charge in [-0.1, -0.05) is 30.3 Å². The molecule has 0 aliphatic heterocycles. The van der Waals surface area contributed by atoms with Gasteiger partial charge in [-0.3, -0.25) is 0 Å². The molecule has 2 aromatic carbocycles. The predicted octanol–water partition coefficient (Wildman–Crippen LogP) is 0.432.